The molecule has 0 atom stereocenters. The van der Waals surface area contributed by atoms with Gasteiger partial charge in [-0.3, -0.25) is 0 Å². The molecule has 210 valence electrons. The highest BCUT2D eigenvalue weighted by molar-refractivity contribution is 5.74. The second kappa shape index (κ2) is 15.3. The van der Waals surface area contributed by atoms with Crippen molar-refractivity contribution in [2.24, 2.45) is 0 Å². The van der Waals surface area contributed by atoms with E-state index in [4.69, 9.17) is 49.5 Å². The molecule has 0 aliphatic carbocycles. The molecule has 0 aromatic rings. The number of alkyl halides is 15. The lowest BCUT2D eigenvalue weighted by atomic mass is 10.7. The van der Waals surface area contributed by atoms with Gasteiger partial charge in [0.2, 0.25) is 0 Å². The van der Waals surface area contributed by atoms with E-state index in [-0.39, 0.29) is 0 Å². The maximum atomic E-state index is 10.6. The second-order valence-corrected chi connectivity index (χ2v) is 4.01. The summed E-state index contributed by atoms with van der Waals surface area (Å²) in [6.07, 6.45) is -25.4. The molecule has 0 spiro atoms. The number of hydrogen-bond donors (Lipinski definition) is 5. The van der Waals surface area contributed by atoms with Crippen LogP contribution in [0.3, 0.4) is 0 Å². The molecule has 0 aliphatic heterocycles. The smallest absolute Gasteiger partial charge is 0.475 e. The third-order valence-electron chi connectivity index (χ3n) is 1.21. The van der Waals surface area contributed by atoms with E-state index in [1.54, 1.807) is 0 Å². The molecule has 0 unspecified atom stereocenters. The van der Waals surface area contributed by atoms with Crippen LogP contribution in [0.2, 0.25) is 0 Å². The van der Waals surface area contributed by atoms with Gasteiger partial charge in [-0.25, -0.2) is 24.0 Å². The van der Waals surface area contributed by atoms with Crippen LogP contribution >= 0.6 is 0 Å². The quantitative estimate of drug-likeness (QED) is 0.271. The summed E-state index contributed by atoms with van der Waals surface area (Å²) in [5.74, 6) is -13.8. The number of rotatable bonds is 0. The lowest BCUT2D eigenvalue weighted by molar-refractivity contribution is -0.193. The predicted molar refractivity (Wildman–Crippen MR) is 68.5 cm³/mol. The van der Waals surface area contributed by atoms with E-state index in [0.29, 0.717) is 0 Å². The fourth-order valence-electron chi connectivity index (χ4n) is 0. The average Bonchev–Trinajstić information content (AvgIpc) is 2.52. The van der Waals surface area contributed by atoms with Crippen LogP contribution < -0.4 is 0 Å². The molecule has 25 heteroatoms. The topological polar surface area (TPSA) is 186 Å². The van der Waals surface area contributed by atoms with Crippen molar-refractivity contribution < 1.29 is 115 Å². The average molecular weight is 570 g/mol. The van der Waals surface area contributed by atoms with Crippen molar-refractivity contribution in [3.63, 3.8) is 0 Å². The Labute approximate surface area is 177 Å². The maximum absolute atomic E-state index is 10.6. The Kier molecular flexibility index (Phi) is 18.1. The zero-order valence-electron chi connectivity index (χ0n) is 14.9. The third kappa shape index (κ3) is 35.1. The Hall–Kier alpha value is -3.70. The van der Waals surface area contributed by atoms with E-state index in [1.807, 2.05) is 0 Å². The van der Waals surface area contributed by atoms with Crippen LogP contribution in [0.4, 0.5) is 65.9 Å². The van der Waals surface area contributed by atoms with Crippen molar-refractivity contribution in [2.45, 2.75) is 30.9 Å². The summed E-state index contributed by atoms with van der Waals surface area (Å²) in [5, 5.41) is 35.6. The number of carbonyl (C=O) groups is 5. The summed E-state index contributed by atoms with van der Waals surface area (Å²) in [7, 11) is 0. The number of halogens is 15. The number of aliphatic carboxylic acids is 5. The molecule has 0 saturated heterocycles. The summed E-state index contributed by atoms with van der Waals surface area (Å²) < 4.78 is 159. The normalized spacial score (nSPS) is 11.3. The van der Waals surface area contributed by atoms with Crippen LogP contribution in [-0.2, 0) is 24.0 Å². The van der Waals surface area contributed by atoms with Gasteiger partial charge in [0.25, 0.3) is 0 Å². The minimum atomic E-state index is -5.08. The SMILES string of the molecule is O=C(O)C(F)(F)F.O=C(O)C(F)(F)F.O=C(O)C(F)(F)F.O=C(O)C(F)(F)F.O=C(O)C(F)(F)F. The van der Waals surface area contributed by atoms with E-state index in [0.717, 1.165) is 0 Å². The Morgan fingerprint density at radius 1 is 0.286 bits per heavy atom. The molecule has 5 N–H and O–H groups in total. The van der Waals surface area contributed by atoms with Crippen molar-refractivity contribution in [2.75, 3.05) is 0 Å². The first kappa shape index (κ1) is 41.5. The monoisotopic (exact) mass is 570 g/mol. The lowest BCUT2D eigenvalue weighted by Crippen LogP contribution is -2.21. The van der Waals surface area contributed by atoms with Crippen molar-refractivity contribution in [3.8, 4) is 0 Å². The lowest BCUT2D eigenvalue weighted by Gasteiger charge is -1.93. The molecule has 0 aliphatic rings. The first-order valence-corrected chi connectivity index (χ1v) is 6.22. The van der Waals surface area contributed by atoms with Gasteiger partial charge in [-0.05, 0) is 0 Å². The molecule has 0 amide bonds. The van der Waals surface area contributed by atoms with Crippen LogP contribution in [0, 0.1) is 0 Å². The van der Waals surface area contributed by atoms with E-state index < -0.39 is 60.7 Å². The molecule has 35 heavy (non-hydrogen) atoms. The molecular formula is C10H5F15O10. The van der Waals surface area contributed by atoms with Crippen molar-refractivity contribution in [3.05, 3.63) is 0 Å². The summed E-state index contributed by atoms with van der Waals surface area (Å²) in [5.41, 5.74) is 0. The number of carboxylic acid groups (broad SMARTS) is 5. The fraction of sp³-hybridized carbons (Fsp3) is 0.500. The van der Waals surface area contributed by atoms with Gasteiger partial charge < -0.3 is 25.5 Å². The predicted octanol–water partition coefficient (Wildman–Crippen LogP) is 3.17. The summed E-state index contributed by atoms with van der Waals surface area (Å²) in [6.45, 7) is 0. The number of hydrogen-bond acceptors (Lipinski definition) is 5. The first-order chi connectivity index (χ1) is 14.7. The molecule has 0 aromatic heterocycles. The standard InChI is InChI=1S/5C2HF3O2/c5*3-2(4,5)1(6)7/h5*(H,6,7). The zero-order chi connectivity index (χ0) is 30.4. The van der Waals surface area contributed by atoms with Crippen molar-refractivity contribution in [1.29, 1.82) is 0 Å². The van der Waals surface area contributed by atoms with Crippen LogP contribution in [-0.4, -0.2) is 86.3 Å². The van der Waals surface area contributed by atoms with E-state index in [2.05, 4.69) is 0 Å². The zero-order valence-corrected chi connectivity index (χ0v) is 14.9. The summed E-state index contributed by atoms with van der Waals surface area (Å²) in [4.78, 5) is 44.5. The van der Waals surface area contributed by atoms with Gasteiger partial charge in [0.05, 0.1) is 0 Å². The molecule has 0 bridgehead atoms. The van der Waals surface area contributed by atoms with Gasteiger partial charge in [0, 0.05) is 0 Å². The largest absolute Gasteiger partial charge is 0.490 e. The molecule has 0 fully saturated rings. The Bertz CT molecular complexity index is 556. The highest BCUT2D eigenvalue weighted by Gasteiger charge is 2.40. The third-order valence-corrected chi connectivity index (χ3v) is 1.21. The summed E-state index contributed by atoms with van der Waals surface area (Å²) in [6, 6.07) is 0. The molecule has 10 nitrogen and oxygen atoms in total. The minimum absolute atomic E-state index is 2.76. The van der Waals surface area contributed by atoms with Gasteiger partial charge in [-0.2, -0.15) is 65.9 Å². The van der Waals surface area contributed by atoms with Crippen LogP contribution in [0.15, 0.2) is 0 Å². The molecular weight excluding hydrogens is 565 g/mol. The Morgan fingerprint density at radius 3 is 0.314 bits per heavy atom. The van der Waals surface area contributed by atoms with Crippen molar-refractivity contribution in [1.82, 2.24) is 0 Å². The number of carboxylic acids is 5. The maximum Gasteiger partial charge on any atom is 0.490 e. The highest BCUT2D eigenvalue weighted by atomic mass is 19.4. The first-order valence-electron chi connectivity index (χ1n) is 6.22. The van der Waals surface area contributed by atoms with Crippen molar-refractivity contribution >= 4 is 29.8 Å². The van der Waals surface area contributed by atoms with Crippen LogP contribution in [0.1, 0.15) is 0 Å². The van der Waals surface area contributed by atoms with Gasteiger partial charge in [-0.1, -0.05) is 0 Å². The van der Waals surface area contributed by atoms with Crippen LogP contribution in [0.25, 0.3) is 0 Å². The van der Waals surface area contributed by atoms with Crippen LogP contribution in [0.5, 0.6) is 0 Å². The Balaban J connectivity index is -0.000000107. The molecule has 0 rings (SSSR count). The van der Waals surface area contributed by atoms with Gasteiger partial charge in [0.15, 0.2) is 0 Å². The van der Waals surface area contributed by atoms with E-state index in [9.17, 15) is 65.9 Å². The van der Waals surface area contributed by atoms with Gasteiger partial charge in [0.1, 0.15) is 0 Å². The summed E-state index contributed by atoms with van der Waals surface area (Å²) >= 11 is 0. The Morgan fingerprint density at radius 2 is 0.314 bits per heavy atom. The second-order valence-electron chi connectivity index (χ2n) is 4.01. The van der Waals surface area contributed by atoms with E-state index in [1.165, 1.54) is 0 Å². The molecule has 0 aromatic carbocycles. The molecule has 0 saturated carbocycles. The van der Waals surface area contributed by atoms with E-state index >= 15 is 0 Å². The van der Waals surface area contributed by atoms with Gasteiger partial charge in [-0.15, -0.1) is 0 Å². The van der Waals surface area contributed by atoms with Gasteiger partial charge >= 0.3 is 60.7 Å². The molecule has 0 radical (unpaired) electrons. The fourth-order valence-corrected chi connectivity index (χ4v) is 0. The minimum Gasteiger partial charge on any atom is -0.475 e. The highest BCUT2D eigenvalue weighted by Crippen LogP contribution is 2.15. The molecule has 0 heterocycles.